The van der Waals surface area contributed by atoms with Crippen LogP contribution in [0.15, 0.2) is 35.7 Å². The highest BCUT2D eigenvalue weighted by Crippen LogP contribution is 2.21. The molecule has 1 aromatic carbocycles. The molecule has 1 unspecified atom stereocenters. The van der Waals surface area contributed by atoms with Gasteiger partial charge in [-0.15, -0.1) is 11.3 Å². The number of hydrogen-bond acceptors (Lipinski definition) is 3. The summed E-state index contributed by atoms with van der Waals surface area (Å²) in [5.74, 6) is -0.174. The minimum atomic E-state index is -0.174. The Morgan fingerprint density at radius 3 is 2.76 bits per heavy atom. The molecular formula is C13H15FN2S. The molecule has 2 nitrogen and oxygen atoms in total. The molecule has 0 amide bonds. The summed E-state index contributed by atoms with van der Waals surface area (Å²) in [6.07, 6.45) is 0. The number of halogens is 1. The molecule has 2 rings (SSSR count). The van der Waals surface area contributed by atoms with Crippen LogP contribution in [-0.4, -0.2) is 0 Å². The van der Waals surface area contributed by atoms with Crippen LogP contribution in [0, 0.1) is 5.82 Å². The van der Waals surface area contributed by atoms with Gasteiger partial charge in [0.2, 0.25) is 0 Å². The van der Waals surface area contributed by atoms with E-state index < -0.39 is 0 Å². The Morgan fingerprint density at radius 1 is 1.35 bits per heavy atom. The highest BCUT2D eigenvalue weighted by molar-refractivity contribution is 7.10. The summed E-state index contributed by atoms with van der Waals surface area (Å²) in [5, 5.41) is 5.23. The predicted molar refractivity (Wildman–Crippen MR) is 70.4 cm³/mol. The molecule has 0 radical (unpaired) electrons. The molecule has 1 heterocycles. The lowest BCUT2D eigenvalue weighted by Gasteiger charge is -2.14. The maximum Gasteiger partial charge on any atom is 0.127 e. The Labute approximate surface area is 104 Å². The van der Waals surface area contributed by atoms with Crippen LogP contribution >= 0.6 is 11.3 Å². The average Bonchev–Trinajstić information content (AvgIpc) is 2.72. The summed E-state index contributed by atoms with van der Waals surface area (Å²) in [7, 11) is 0. The van der Waals surface area contributed by atoms with Gasteiger partial charge >= 0.3 is 0 Å². The predicted octanol–water partition coefficient (Wildman–Crippen LogP) is 3.32. The highest BCUT2D eigenvalue weighted by Gasteiger charge is 2.10. The maximum atomic E-state index is 13.5. The number of nitrogen functional groups attached to an aromatic ring is 1. The van der Waals surface area contributed by atoms with Crippen molar-refractivity contribution in [1.29, 1.82) is 0 Å². The van der Waals surface area contributed by atoms with E-state index in [-0.39, 0.29) is 11.9 Å². The lowest BCUT2D eigenvalue weighted by molar-refractivity contribution is 0.531. The first-order valence-electron chi connectivity index (χ1n) is 5.48. The van der Waals surface area contributed by atoms with Crippen molar-refractivity contribution in [3.8, 4) is 0 Å². The maximum absolute atomic E-state index is 13.5. The number of thiophene rings is 1. The quantitative estimate of drug-likeness (QED) is 0.873. The van der Waals surface area contributed by atoms with Gasteiger partial charge in [-0.2, -0.15) is 0 Å². The van der Waals surface area contributed by atoms with Crippen molar-refractivity contribution in [3.63, 3.8) is 0 Å². The second kappa shape index (κ2) is 5.29. The van der Waals surface area contributed by atoms with Crippen molar-refractivity contribution < 1.29 is 4.39 Å². The van der Waals surface area contributed by atoms with E-state index >= 15 is 0 Å². The molecule has 0 spiro atoms. The zero-order valence-corrected chi connectivity index (χ0v) is 10.4. The van der Waals surface area contributed by atoms with E-state index in [2.05, 4.69) is 5.32 Å². The second-order valence-corrected chi connectivity index (χ2v) is 4.92. The summed E-state index contributed by atoms with van der Waals surface area (Å²) < 4.78 is 13.5. The van der Waals surface area contributed by atoms with Crippen molar-refractivity contribution in [2.45, 2.75) is 19.5 Å². The Balaban J connectivity index is 2.01. The molecule has 0 saturated heterocycles. The summed E-state index contributed by atoms with van der Waals surface area (Å²) in [4.78, 5) is 1.09. The van der Waals surface area contributed by atoms with Gasteiger partial charge in [0, 0.05) is 28.7 Å². The normalized spacial score (nSPS) is 12.6. The average molecular weight is 250 g/mol. The van der Waals surface area contributed by atoms with Crippen molar-refractivity contribution in [2.75, 3.05) is 5.73 Å². The van der Waals surface area contributed by atoms with E-state index in [1.807, 2.05) is 24.4 Å². The van der Waals surface area contributed by atoms with E-state index in [1.54, 1.807) is 23.5 Å². The molecule has 2 aromatic rings. The van der Waals surface area contributed by atoms with Gasteiger partial charge < -0.3 is 11.1 Å². The first-order chi connectivity index (χ1) is 8.18. The highest BCUT2D eigenvalue weighted by atomic mass is 32.1. The Bertz CT molecular complexity index is 496. The topological polar surface area (TPSA) is 38.0 Å². The summed E-state index contributed by atoms with van der Waals surface area (Å²) in [5.41, 5.74) is 7.27. The molecule has 90 valence electrons. The van der Waals surface area contributed by atoms with E-state index in [0.717, 1.165) is 10.6 Å². The third-order valence-electron chi connectivity index (χ3n) is 2.72. The van der Waals surface area contributed by atoms with E-state index in [1.165, 1.54) is 6.07 Å². The molecule has 0 fully saturated rings. The fourth-order valence-electron chi connectivity index (χ4n) is 1.68. The van der Waals surface area contributed by atoms with E-state index in [0.29, 0.717) is 12.1 Å². The zero-order valence-electron chi connectivity index (χ0n) is 9.61. The number of nitrogens with two attached hydrogens (primary N) is 1. The Hall–Kier alpha value is -1.39. The molecule has 4 heteroatoms. The van der Waals surface area contributed by atoms with Crippen LogP contribution in [0.3, 0.4) is 0 Å². The van der Waals surface area contributed by atoms with Gasteiger partial charge in [-0.05, 0) is 24.4 Å². The number of hydrogen-bond donors (Lipinski definition) is 2. The van der Waals surface area contributed by atoms with Gasteiger partial charge in [0.05, 0.1) is 0 Å². The minimum absolute atomic E-state index is 0.0299. The lowest BCUT2D eigenvalue weighted by atomic mass is 10.1. The van der Waals surface area contributed by atoms with Gasteiger partial charge in [-0.25, -0.2) is 4.39 Å². The number of benzene rings is 1. The number of anilines is 1. The van der Waals surface area contributed by atoms with E-state index in [9.17, 15) is 4.39 Å². The molecule has 0 aliphatic rings. The Morgan fingerprint density at radius 2 is 2.12 bits per heavy atom. The van der Waals surface area contributed by atoms with Crippen molar-refractivity contribution in [1.82, 2.24) is 5.32 Å². The van der Waals surface area contributed by atoms with Crippen LogP contribution in [0.25, 0.3) is 0 Å². The monoisotopic (exact) mass is 250 g/mol. The third-order valence-corrected chi connectivity index (χ3v) is 3.66. The lowest BCUT2D eigenvalue weighted by Crippen LogP contribution is -2.19. The zero-order chi connectivity index (χ0) is 12.3. The first-order valence-corrected chi connectivity index (χ1v) is 6.36. The van der Waals surface area contributed by atoms with Crippen molar-refractivity contribution >= 4 is 17.0 Å². The van der Waals surface area contributed by atoms with Crippen LogP contribution in [0.5, 0.6) is 0 Å². The first kappa shape index (κ1) is 12.1. The summed E-state index contributed by atoms with van der Waals surface area (Å²) in [6.45, 7) is 2.61. The largest absolute Gasteiger partial charge is 0.398 e. The third kappa shape index (κ3) is 2.84. The molecule has 1 aromatic heterocycles. The molecule has 0 aliphatic carbocycles. The fourth-order valence-corrected chi connectivity index (χ4v) is 2.43. The minimum Gasteiger partial charge on any atom is -0.398 e. The number of rotatable bonds is 4. The van der Waals surface area contributed by atoms with Crippen molar-refractivity contribution in [2.24, 2.45) is 0 Å². The van der Waals surface area contributed by atoms with Gasteiger partial charge in [0.25, 0.3) is 0 Å². The SMILES string of the molecule is CC(NCc1sccc1N)c1ccccc1F. The molecule has 17 heavy (non-hydrogen) atoms. The van der Waals surface area contributed by atoms with Gasteiger partial charge in [-0.1, -0.05) is 18.2 Å². The van der Waals surface area contributed by atoms with Crippen LogP contribution in [0.4, 0.5) is 10.1 Å². The van der Waals surface area contributed by atoms with Gasteiger partial charge in [-0.3, -0.25) is 0 Å². The van der Waals surface area contributed by atoms with Crippen LogP contribution in [0.2, 0.25) is 0 Å². The molecule has 0 bridgehead atoms. The number of nitrogens with one attached hydrogen (secondary N) is 1. The standard InChI is InChI=1S/C13H15FN2S/c1-9(10-4-2-3-5-11(10)14)16-8-13-12(15)6-7-17-13/h2-7,9,16H,8,15H2,1H3. The fraction of sp³-hybridized carbons (Fsp3) is 0.231. The second-order valence-electron chi connectivity index (χ2n) is 3.92. The van der Waals surface area contributed by atoms with Crippen LogP contribution in [-0.2, 0) is 6.54 Å². The molecular weight excluding hydrogens is 235 g/mol. The molecule has 1 atom stereocenters. The molecule has 3 N–H and O–H groups in total. The summed E-state index contributed by atoms with van der Waals surface area (Å²) in [6, 6.07) is 8.67. The van der Waals surface area contributed by atoms with E-state index in [4.69, 9.17) is 5.73 Å². The van der Waals surface area contributed by atoms with Crippen LogP contribution in [0.1, 0.15) is 23.4 Å². The molecule has 0 saturated carbocycles. The Kier molecular flexibility index (Phi) is 3.76. The van der Waals surface area contributed by atoms with Crippen molar-refractivity contribution in [3.05, 3.63) is 52.0 Å². The molecule has 0 aliphatic heterocycles. The van der Waals surface area contributed by atoms with Gasteiger partial charge in [0.1, 0.15) is 5.82 Å². The van der Waals surface area contributed by atoms with Crippen LogP contribution < -0.4 is 11.1 Å². The van der Waals surface area contributed by atoms with Gasteiger partial charge in [0.15, 0.2) is 0 Å². The summed E-state index contributed by atoms with van der Waals surface area (Å²) >= 11 is 1.61. The smallest absolute Gasteiger partial charge is 0.127 e.